The van der Waals surface area contributed by atoms with E-state index in [0.717, 1.165) is 29.5 Å². The Hall–Kier alpha value is -6.10. The van der Waals surface area contributed by atoms with Gasteiger partial charge in [0.15, 0.2) is 0 Å². The zero-order valence-electron chi connectivity index (χ0n) is 45.5. The van der Waals surface area contributed by atoms with E-state index in [4.69, 9.17) is 30.0 Å². The van der Waals surface area contributed by atoms with E-state index in [1.54, 1.807) is 37.4 Å². The Bertz CT molecular complexity index is 2370. The number of nitrogens with zero attached hydrogens (tertiary/aromatic N) is 3. The molecule has 21 heteroatoms. The van der Waals surface area contributed by atoms with Gasteiger partial charge in [-0.3, -0.25) is 14.4 Å². The van der Waals surface area contributed by atoms with Crippen LogP contribution in [0.25, 0.3) is 16.6 Å². The lowest BCUT2D eigenvalue weighted by atomic mass is 9.96. The Kier molecular flexibility index (Phi) is 34.5. The number of carbonyl (C=O) groups is 6. The predicted molar refractivity (Wildman–Crippen MR) is 289 cm³/mol. The molecule has 2 aliphatic rings. The van der Waals surface area contributed by atoms with Gasteiger partial charge in [0.1, 0.15) is 39.0 Å². The van der Waals surface area contributed by atoms with Crippen LogP contribution in [0.2, 0.25) is 0 Å². The van der Waals surface area contributed by atoms with Crippen molar-refractivity contribution in [3.63, 3.8) is 0 Å². The standard InChI is InChI=1S/C36H41N5O9S.C5H12O.C4H7NO3.C4H11N.2C2H6/c1-22(2)41(51(5,46)47)15-14-26-27-8-6-7-9-30(27)39-33-29(26)18-40(4)31(33)16-28-24(19-42)21-48-35(44)34(28)50-36(45)49-20-23-10-12-25(13-11-23)38-32(43)17-37-3;1-5(2)3-4-6;5-4(7)3-8-2-1-6;1-2-3-4-5;2*1-2/h6-13,16,19,22,34,37H,14-15,17-18,20-21H2,1-5H3,(H,38,43);5-6H,3-4H2,1-2H3;1H,2-3H2,(H2,5,7);2-5H2,1H3;2*1-2H3/b31-16-;;;;;. The molecular formula is C53H83N7O13S. The summed E-state index contributed by atoms with van der Waals surface area (Å²) >= 11 is 0. The van der Waals surface area contributed by atoms with Gasteiger partial charge in [-0.15, -0.1) is 0 Å². The van der Waals surface area contributed by atoms with Crippen LogP contribution in [0.15, 0.2) is 65.8 Å². The fourth-order valence-corrected chi connectivity index (χ4v) is 8.01. The first-order chi connectivity index (χ1) is 35.3. The molecule has 0 spiro atoms. The minimum absolute atomic E-state index is 0.0665. The number of esters is 1. The molecule has 1 atom stereocenters. The number of unbranched alkanes of at least 4 members (excludes halogenated alkanes) is 1. The average Bonchev–Trinajstić information content (AvgIpc) is 3.67. The SMILES string of the molecule is CC.CC.CC(C)CCO.CCCCN.CNCC(=O)Nc1ccc(COC(=O)OC2C(=O)OCC(C=O)=C2/C=C2/c3nc4ccccc4c(CCN(C(C)C)S(C)(=O)=O)c3CN2C)cc1.NC(=O)COCC=O. The number of carbonyl (C=O) groups excluding carboxylic acids is 6. The maximum atomic E-state index is 13.0. The van der Waals surface area contributed by atoms with Crippen LogP contribution in [0.5, 0.6) is 0 Å². The molecule has 3 heterocycles. The van der Waals surface area contributed by atoms with E-state index in [2.05, 4.69) is 41.9 Å². The second-order valence-electron chi connectivity index (χ2n) is 16.8. The summed E-state index contributed by atoms with van der Waals surface area (Å²) < 4.78 is 46.9. The number of primary amides is 1. The van der Waals surface area contributed by atoms with Crippen molar-refractivity contribution in [3.8, 4) is 0 Å². The molecule has 2 aromatic carbocycles. The summed E-state index contributed by atoms with van der Waals surface area (Å²) in [6, 6.07) is 14.0. The number of hydrogen-bond acceptors (Lipinski definition) is 17. The molecule has 414 valence electrons. The fourth-order valence-electron chi connectivity index (χ4n) is 6.82. The van der Waals surface area contributed by atoms with Crippen molar-refractivity contribution in [3.05, 3.63) is 88.1 Å². The summed E-state index contributed by atoms with van der Waals surface area (Å²) in [5.74, 6) is -0.993. The highest BCUT2D eigenvalue weighted by atomic mass is 32.2. The summed E-state index contributed by atoms with van der Waals surface area (Å²) in [6.07, 6.45) is 4.92. The lowest BCUT2D eigenvalue weighted by Crippen LogP contribution is -2.37. The molecule has 0 radical (unpaired) electrons. The van der Waals surface area contributed by atoms with Gasteiger partial charge < -0.3 is 55.8 Å². The Morgan fingerprint density at radius 1 is 1.04 bits per heavy atom. The lowest BCUT2D eigenvalue weighted by molar-refractivity contribution is -0.153. The van der Waals surface area contributed by atoms with Crippen LogP contribution in [0.1, 0.15) is 104 Å². The summed E-state index contributed by atoms with van der Waals surface area (Å²) in [5.41, 5.74) is 14.9. The number of likely N-dealkylation sites (N-methyl/N-ethyl adjacent to an activating group) is 1. The van der Waals surface area contributed by atoms with Crippen LogP contribution < -0.4 is 22.1 Å². The molecule has 1 unspecified atom stereocenters. The molecule has 0 saturated carbocycles. The molecule has 0 fully saturated rings. The Morgan fingerprint density at radius 2 is 1.69 bits per heavy atom. The monoisotopic (exact) mass is 1060 g/mol. The van der Waals surface area contributed by atoms with Crippen molar-refractivity contribution in [1.29, 1.82) is 0 Å². The zero-order chi connectivity index (χ0) is 56.4. The van der Waals surface area contributed by atoms with Gasteiger partial charge in [0, 0.05) is 60.6 Å². The van der Waals surface area contributed by atoms with Crippen molar-refractivity contribution in [2.45, 2.75) is 113 Å². The van der Waals surface area contributed by atoms with E-state index in [0.29, 0.717) is 66.2 Å². The first kappa shape index (κ1) is 67.9. The van der Waals surface area contributed by atoms with Gasteiger partial charge in [-0.25, -0.2) is 23.0 Å². The van der Waals surface area contributed by atoms with E-state index in [1.165, 1.54) is 23.4 Å². The molecule has 3 aromatic rings. The van der Waals surface area contributed by atoms with Gasteiger partial charge in [0.05, 0.1) is 29.7 Å². The number of benzene rings is 2. The number of anilines is 1. The van der Waals surface area contributed by atoms with Crippen LogP contribution in [0, 0.1) is 5.92 Å². The molecule has 7 N–H and O–H groups in total. The number of aliphatic hydroxyl groups is 1. The van der Waals surface area contributed by atoms with Crippen LogP contribution in [-0.4, -0.2) is 143 Å². The molecule has 0 saturated heterocycles. The summed E-state index contributed by atoms with van der Waals surface area (Å²) in [4.78, 5) is 76.1. The number of pyridine rings is 1. The highest BCUT2D eigenvalue weighted by Crippen LogP contribution is 2.38. The molecule has 2 amide bonds. The van der Waals surface area contributed by atoms with Crippen molar-refractivity contribution >= 4 is 68.8 Å². The molecule has 20 nitrogen and oxygen atoms in total. The van der Waals surface area contributed by atoms with Crippen molar-refractivity contribution in [2.24, 2.45) is 17.4 Å². The molecular weight excluding hydrogens is 975 g/mol. The summed E-state index contributed by atoms with van der Waals surface area (Å²) in [6.45, 7) is 19.3. The highest BCUT2D eigenvalue weighted by molar-refractivity contribution is 7.88. The molecule has 2 aliphatic heterocycles. The van der Waals surface area contributed by atoms with Crippen LogP contribution in [-0.2, 0) is 72.5 Å². The number of hydrogen-bond donors (Lipinski definition) is 5. The number of amides is 2. The van der Waals surface area contributed by atoms with Crippen LogP contribution >= 0.6 is 0 Å². The Balaban J connectivity index is 0.00000194. The number of aromatic nitrogens is 1. The van der Waals surface area contributed by atoms with Gasteiger partial charge in [0.2, 0.25) is 27.9 Å². The van der Waals surface area contributed by atoms with Gasteiger partial charge in [-0.2, -0.15) is 4.31 Å². The van der Waals surface area contributed by atoms with Crippen LogP contribution in [0.3, 0.4) is 0 Å². The normalized spacial score (nSPS) is 14.1. The largest absolute Gasteiger partial charge is 0.509 e. The Morgan fingerprint density at radius 3 is 2.19 bits per heavy atom. The zero-order valence-corrected chi connectivity index (χ0v) is 46.3. The maximum Gasteiger partial charge on any atom is 0.509 e. The number of nitrogens with two attached hydrogens (primary N) is 2. The highest BCUT2D eigenvalue weighted by Gasteiger charge is 2.37. The second kappa shape index (κ2) is 37.6. The lowest BCUT2D eigenvalue weighted by Gasteiger charge is -2.25. The van der Waals surface area contributed by atoms with Crippen molar-refractivity contribution in [1.82, 2.24) is 19.5 Å². The maximum absolute atomic E-state index is 13.0. The number of ether oxygens (including phenoxy) is 4. The molecule has 74 heavy (non-hydrogen) atoms. The minimum Gasteiger partial charge on any atom is -0.458 e. The van der Waals surface area contributed by atoms with E-state index in [1.807, 2.05) is 77.8 Å². The first-order valence-corrected chi connectivity index (χ1v) is 26.7. The summed E-state index contributed by atoms with van der Waals surface area (Å²) in [5, 5.41) is 14.6. The minimum atomic E-state index is -3.46. The third-order valence-electron chi connectivity index (χ3n) is 10.3. The smallest absolute Gasteiger partial charge is 0.458 e. The number of nitrogens with one attached hydrogen (secondary N) is 2. The number of cyclic esters (lactones) is 1. The molecule has 0 aliphatic carbocycles. The topological polar surface area (TPSA) is 289 Å². The molecule has 5 rings (SSSR count). The molecule has 0 bridgehead atoms. The number of rotatable bonds is 21. The van der Waals surface area contributed by atoms with Gasteiger partial charge in [0.25, 0.3) is 0 Å². The number of sulfonamides is 1. The van der Waals surface area contributed by atoms with Gasteiger partial charge in [-0.05, 0) is 88.0 Å². The van der Waals surface area contributed by atoms with Crippen molar-refractivity contribution < 1.29 is 61.2 Å². The predicted octanol–water partition coefficient (Wildman–Crippen LogP) is 5.68. The Labute approximate surface area is 438 Å². The number of aldehydes is 2. The quantitative estimate of drug-likeness (QED) is 0.0487. The van der Waals surface area contributed by atoms with Crippen LogP contribution in [0.4, 0.5) is 10.5 Å². The van der Waals surface area contributed by atoms with Crippen molar-refractivity contribution in [2.75, 3.05) is 71.7 Å². The first-order valence-electron chi connectivity index (χ1n) is 24.9. The fraction of sp³-hybridized carbons (Fsp3) is 0.528. The van der Waals surface area contributed by atoms with E-state index in [9.17, 15) is 37.2 Å². The number of fused-ring (bicyclic) bond motifs is 2. The third kappa shape index (κ3) is 24.3. The second-order valence-corrected chi connectivity index (χ2v) is 18.7. The number of aliphatic hydroxyl groups excluding tert-OH is 1. The van der Waals surface area contributed by atoms with E-state index < -0.39 is 34.2 Å². The van der Waals surface area contributed by atoms with E-state index >= 15 is 0 Å². The molecule has 1 aromatic heterocycles. The average molecular weight is 1060 g/mol. The van der Waals surface area contributed by atoms with Gasteiger partial charge >= 0.3 is 12.1 Å². The number of para-hydroxylation sites is 1. The third-order valence-corrected chi connectivity index (χ3v) is 11.7. The van der Waals surface area contributed by atoms with Gasteiger partial charge in [-0.1, -0.05) is 85.2 Å². The van der Waals surface area contributed by atoms with E-state index in [-0.39, 0.29) is 62.6 Å². The summed E-state index contributed by atoms with van der Waals surface area (Å²) in [7, 11) is 0.0441.